The molecule has 160 valence electrons. The predicted molar refractivity (Wildman–Crippen MR) is 144 cm³/mol. The maximum atomic E-state index is 9.09. The van der Waals surface area contributed by atoms with Gasteiger partial charge in [-0.25, -0.2) is 0 Å². The third kappa shape index (κ3) is 2.74. The summed E-state index contributed by atoms with van der Waals surface area (Å²) in [6.45, 7) is 1.89. The van der Waals surface area contributed by atoms with Gasteiger partial charge >= 0.3 is 0 Å². The Morgan fingerprint density at radius 3 is 1.76 bits per heavy atom. The van der Waals surface area contributed by atoms with Gasteiger partial charge in [-0.3, -0.25) is 0 Å². The zero-order valence-electron chi connectivity index (χ0n) is 26.3. The second-order valence-electron chi connectivity index (χ2n) is 8.38. The number of furan rings is 1. The molecule has 1 heteroatoms. The summed E-state index contributed by atoms with van der Waals surface area (Å²) in [6, 6.07) is 17.6. The van der Waals surface area contributed by atoms with Crippen LogP contribution in [-0.4, -0.2) is 0 Å². The van der Waals surface area contributed by atoms with E-state index in [0.29, 0.717) is 33.4 Å². The van der Waals surface area contributed by atoms with Crippen LogP contribution in [-0.2, 0) is 0 Å². The number of hydrogen-bond donors (Lipinski definition) is 0. The van der Waals surface area contributed by atoms with Gasteiger partial charge in [0.15, 0.2) is 0 Å². The van der Waals surface area contributed by atoms with Crippen molar-refractivity contribution < 1.29 is 15.4 Å². The van der Waals surface area contributed by atoms with Crippen LogP contribution in [0.2, 0.25) is 0 Å². The zero-order chi connectivity index (χ0) is 29.6. The molecule has 0 saturated carbocycles. The maximum Gasteiger partial charge on any atom is 0.138 e. The molecule has 1 heterocycles. The number of rotatable bonds is 2. The Kier molecular flexibility index (Phi) is 2.75. The van der Waals surface area contributed by atoms with Crippen LogP contribution >= 0.6 is 0 Å². The maximum absolute atomic E-state index is 9.09. The first-order chi connectivity index (χ1) is 20.1. The fourth-order valence-corrected chi connectivity index (χ4v) is 4.95. The minimum atomic E-state index is -0.417. The van der Waals surface area contributed by atoms with Crippen LogP contribution in [0.1, 0.15) is 16.5 Å². The van der Waals surface area contributed by atoms with Gasteiger partial charge in [-0.05, 0) is 74.5 Å². The summed E-state index contributed by atoms with van der Waals surface area (Å²) in [5.74, 6) is 0. The summed E-state index contributed by atoms with van der Waals surface area (Å²) in [6.07, 6.45) is 0. The lowest BCUT2D eigenvalue weighted by Crippen LogP contribution is -1.91. The molecule has 0 bridgehead atoms. The van der Waals surface area contributed by atoms with Crippen LogP contribution in [0.15, 0.2) is 119 Å². The Hall–Kier alpha value is -4.36. The van der Waals surface area contributed by atoms with E-state index in [2.05, 4.69) is 0 Å². The van der Waals surface area contributed by atoms with Gasteiger partial charge in [0, 0.05) is 10.8 Å². The SMILES string of the molecule is [2H]c1c([2H])c([2H])c2c(-c3cc(C)c4oc5ccccc5c4c3)c3c([2H])c([2H])c([2H])c([2H])c3c(-c3ccccc3)c2c1[2H]. The van der Waals surface area contributed by atoms with Crippen LogP contribution in [0.25, 0.3) is 65.7 Å². The highest BCUT2D eigenvalue weighted by atomic mass is 16.3. The molecule has 0 spiro atoms. The van der Waals surface area contributed by atoms with Gasteiger partial charge in [0.1, 0.15) is 11.2 Å². The van der Waals surface area contributed by atoms with Crippen LogP contribution in [0, 0.1) is 6.92 Å². The number of para-hydroxylation sites is 1. The zero-order valence-corrected chi connectivity index (χ0v) is 18.3. The lowest BCUT2D eigenvalue weighted by molar-refractivity contribution is 0.666. The van der Waals surface area contributed by atoms with Gasteiger partial charge in [0.05, 0.1) is 11.0 Å². The predicted octanol–water partition coefficient (Wildman–Crippen LogP) is 9.53. The number of hydrogen-bond acceptors (Lipinski definition) is 1. The molecule has 0 fully saturated rings. The lowest BCUT2D eigenvalue weighted by atomic mass is 9.85. The van der Waals surface area contributed by atoms with E-state index in [0.717, 1.165) is 16.3 Å². The Morgan fingerprint density at radius 2 is 1.12 bits per heavy atom. The topological polar surface area (TPSA) is 13.1 Å². The van der Waals surface area contributed by atoms with E-state index >= 15 is 0 Å². The molecule has 0 radical (unpaired) electrons. The lowest BCUT2D eigenvalue weighted by Gasteiger charge is -2.18. The number of benzene rings is 6. The van der Waals surface area contributed by atoms with Gasteiger partial charge in [0.25, 0.3) is 0 Å². The molecule has 1 aromatic heterocycles. The summed E-state index contributed by atoms with van der Waals surface area (Å²) in [7, 11) is 0. The highest BCUT2D eigenvalue weighted by Gasteiger charge is 2.18. The summed E-state index contributed by atoms with van der Waals surface area (Å²) in [4.78, 5) is 0. The van der Waals surface area contributed by atoms with Crippen molar-refractivity contribution in [3.05, 3.63) is 121 Å². The van der Waals surface area contributed by atoms with Crippen LogP contribution in [0.5, 0.6) is 0 Å². The van der Waals surface area contributed by atoms with Gasteiger partial charge in [-0.2, -0.15) is 0 Å². The Morgan fingerprint density at radius 1 is 0.559 bits per heavy atom. The summed E-state index contributed by atoms with van der Waals surface area (Å²) in [5.41, 5.74) is 3.99. The molecule has 0 atom stereocenters. The van der Waals surface area contributed by atoms with E-state index in [1.54, 1.807) is 24.3 Å². The molecular weight excluding hydrogens is 412 g/mol. The van der Waals surface area contributed by atoms with Crippen molar-refractivity contribution in [1.82, 2.24) is 0 Å². The first-order valence-electron chi connectivity index (χ1n) is 15.1. The van der Waals surface area contributed by atoms with Crippen molar-refractivity contribution in [3.63, 3.8) is 0 Å². The van der Waals surface area contributed by atoms with Crippen LogP contribution in [0.4, 0.5) is 0 Å². The van der Waals surface area contributed by atoms with Crippen molar-refractivity contribution in [2.45, 2.75) is 6.92 Å². The van der Waals surface area contributed by atoms with Crippen molar-refractivity contribution >= 4 is 43.5 Å². The standard InChI is InChI=1S/C33H22O/c1-21-19-23(20-29-24-13-9-10-18-30(24)34-33(21)29)32-27-16-7-5-14-25(27)31(22-11-3-2-4-12-22)26-15-6-8-17-28(26)32/h2-20H,1H3/i5D,6D,7D,8D,14D,15D,16D,17D. The Balaban J connectivity index is 1.83. The van der Waals surface area contributed by atoms with Crippen molar-refractivity contribution in [1.29, 1.82) is 0 Å². The first-order valence-corrected chi connectivity index (χ1v) is 11.1. The molecule has 34 heavy (non-hydrogen) atoms. The van der Waals surface area contributed by atoms with E-state index in [4.69, 9.17) is 15.4 Å². The van der Waals surface area contributed by atoms with Gasteiger partial charge < -0.3 is 4.42 Å². The molecular formula is C33H22O. The molecule has 0 saturated heterocycles. The number of aryl methyl sites for hydroxylation is 1. The van der Waals surface area contributed by atoms with Crippen molar-refractivity contribution in [2.75, 3.05) is 0 Å². The van der Waals surface area contributed by atoms with E-state index < -0.39 is 24.2 Å². The largest absolute Gasteiger partial charge is 0.456 e. The molecule has 6 aromatic carbocycles. The number of fused-ring (bicyclic) bond motifs is 5. The fourth-order valence-electron chi connectivity index (χ4n) is 4.95. The van der Waals surface area contributed by atoms with E-state index in [1.165, 1.54) is 0 Å². The van der Waals surface area contributed by atoms with Gasteiger partial charge in [-0.15, -0.1) is 0 Å². The summed E-state index contributed by atoms with van der Waals surface area (Å²) in [5, 5.41) is 2.48. The molecule has 7 rings (SSSR count). The van der Waals surface area contributed by atoms with Crippen LogP contribution < -0.4 is 0 Å². The molecule has 0 aliphatic carbocycles. The van der Waals surface area contributed by atoms with Crippen molar-refractivity contribution in [2.24, 2.45) is 0 Å². The average molecular weight is 443 g/mol. The third-order valence-corrected chi connectivity index (χ3v) is 6.39. The molecule has 0 aliphatic rings. The van der Waals surface area contributed by atoms with E-state index in [-0.39, 0.29) is 45.7 Å². The van der Waals surface area contributed by atoms with Crippen LogP contribution in [0.3, 0.4) is 0 Å². The Bertz CT molecular complexity index is 2210. The monoisotopic (exact) mass is 442 g/mol. The quantitative estimate of drug-likeness (QED) is 0.243. The van der Waals surface area contributed by atoms with Gasteiger partial charge in [0.2, 0.25) is 0 Å². The fraction of sp³-hybridized carbons (Fsp3) is 0.0303. The molecule has 7 aromatic rings. The highest BCUT2D eigenvalue weighted by molar-refractivity contribution is 6.22. The summed E-state index contributed by atoms with van der Waals surface area (Å²) >= 11 is 0. The first kappa shape index (κ1) is 12.8. The second-order valence-corrected chi connectivity index (χ2v) is 8.38. The third-order valence-electron chi connectivity index (χ3n) is 6.39. The Labute approximate surface area is 209 Å². The second kappa shape index (κ2) is 7.33. The minimum absolute atomic E-state index is 0.198. The van der Waals surface area contributed by atoms with E-state index in [1.807, 2.05) is 49.4 Å². The molecule has 0 aliphatic heterocycles. The minimum Gasteiger partial charge on any atom is -0.456 e. The van der Waals surface area contributed by atoms with Crippen molar-refractivity contribution in [3.8, 4) is 22.3 Å². The molecule has 0 unspecified atom stereocenters. The van der Waals surface area contributed by atoms with Gasteiger partial charge in [-0.1, -0.05) is 96.9 Å². The summed E-state index contributed by atoms with van der Waals surface area (Å²) < 4.78 is 76.6. The average Bonchev–Trinajstić information content (AvgIpc) is 3.39. The smallest absolute Gasteiger partial charge is 0.138 e. The van der Waals surface area contributed by atoms with E-state index in [9.17, 15) is 0 Å². The molecule has 0 N–H and O–H groups in total. The molecule has 0 amide bonds. The normalized spacial score (nSPS) is 15.0. The highest BCUT2D eigenvalue weighted by Crippen LogP contribution is 2.45. The molecule has 1 nitrogen and oxygen atoms in total.